The van der Waals surface area contributed by atoms with Crippen LogP contribution in [0.4, 0.5) is 5.69 Å². The highest BCUT2D eigenvalue weighted by Gasteiger charge is 2.44. The van der Waals surface area contributed by atoms with Crippen molar-refractivity contribution in [2.45, 2.75) is 36.6 Å². The highest BCUT2D eigenvalue weighted by molar-refractivity contribution is 7.90. The monoisotopic (exact) mass is 265 g/mol. The number of hydrogen-bond donors (Lipinski definition) is 1. The van der Waals surface area contributed by atoms with Gasteiger partial charge in [-0.25, -0.2) is 8.42 Å². The lowest BCUT2D eigenvalue weighted by atomic mass is 9.95. The first-order valence-electron chi connectivity index (χ1n) is 6.61. The van der Waals surface area contributed by atoms with Crippen LogP contribution in [-0.2, 0) is 9.84 Å². The molecule has 2 aliphatic rings. The summed E-state index contributed by atoms with van der Waals surface area (Å²) in [6, 6.07) is 7.72. The van der Waals surface area contributed by atoms with Gasteiger partial charge in [0, 0.05) is 18.0 Å². The van der Waals surface area contributed by atoms with Gasteiger partial charge < -0.3 is 5.32 Å². The van der Waals surface area contributed by atoms with E-state index in [1.54, 1.807) is 12.1 Å². The van der Waals surface area contributed by atoms with E-state index in [0.717, 1.165) is 17.5 Å². The molecule has 1 unspecified atom stereocenters. The number of anilines is 1. The van der Waals surface area contributed by atoms with E-state index < -0.39 is 9.84 Å². The molecule has 0 bridgehead atoms. The van der Waals surface area contributed by atoms with Crippen LogP contribution < -0.4 is 5.32 Å². The van der Waals surface area contributed by atoms with Gasteiger partial charge in [-0.15, -0.1) is 0 Å². The van der Waals surface area contributed by atoms with Crippen LogP contribution in [0.1, 0.15) is 25.7 Å². The predicted molar refractivity (Wildman–Crippen MR) is 72.4 cm³/mol. The molecule has 3 atom stereocenters. The van der Waals surface area contributed by atoms with Gasteiger partial charge in [0.1, 0.15) is 0 Å². The smallest absolute Gasteiger partial charge is 0.175 e. The molecule has 0 amide bonds. The second-order valence-electron chi connectivity index (χ2n) is 5.64. The van der Waals surface area contributed by atoms with Gasteiger partial charge in [0.05, 0.1) is 4.90 Å². The molecule has 0 radical (unpaired) electrons. The maximum Gasteiger partial charge on any atom is 0.175 e. The van der Waals surface area contributed by atoms with Crippen molar-refractivity contribution in [2.75, 3.05) is 11.6 Å². The van der Waals surface area contributed by atoms with Crippen LogP contribution >= 0.6 is 0 Å². The highest BCUT2D eigenvalue weighted by Crippen LogP contribution is 2.50. The molecular formula is C14H19NO2S. The van der Waals surface area contributed by atoms with Gasteiger partial charge in [0.25, 0.3) is 0 Å². The molecule has 18 heavy (non-hydrogen) atoms. The van der Waals surface area contributed by atoms with Crippen molar-refractivity contribution in [1.82, 2.24) is 0 Å². The molecule has 98 valence electrons. The summed E-state index contributed by atoms with van der Waals surface area (Å²) in [6.45, 7) is 0. The molecule has 3 rings (SSSR count). The van der Waals surface area contributed by atoms with Crippen LogP contribution in [0.3, 0.4) is 0 Å². The standard InChI is InChI=1S/C14H19NO2S/c1-18(16,17)12-7-5-11(6-8-12)15-14-4-2-3-10-9-13(10)14/h5-8,10,13-15H,2-4,9H2,1H3/t10-,13+,14?/m0/s1. The fraction of sp³-hybridized carbons (Fsp3) is 0.571. The Bertz CT molecular complexity index is 535. The Morgan fingerprint density at radius 3 is 2.56 bits per heavy atom. The first-order chi connectivity index (χ1) is 8.54. The molecule has 1 aromatic rings. The first-order valence-corrected chi connectivity index (χ1v) is 8.50. The quantitative estimate of drug-likeness (QED) is 0.914. The molecule has 1 aromatic carbocycles. The van der Waals surface area contributed by atoms with E-state index in [4.69, 9.17) is 0 Å². The Balaban J connectivity index is 1.70. The zero-order valence-corrected chi connectivity index (χ0v) is 11.4. The van der Waals surface area contributed by atoms with Crippen molar-refractivity contribution >= 4 is 15.5 Å². The van der Waals surface area contributed by atoms with E-state index in [1.165, 1.54) is 31.9 Å². The SMILES string of the molecule is CS(=O)(=O)c1ccc(NC2CCC[C@H]3C[C@@H]23)cc1. The minimum atomic E-state index is -3.08. The molecule has 0 saturated heterocycles. The summed E-state index contributed by atoms with van der Waals surface area (Å²) >= 11 is 0. The molecule has 2 saturated carbocycles. The number of fused-ring (bicyclic) bond motifs is 1. The summed E-state index contributed by atoms with van der Waals surface area (Å²) in [6.07, 6.45) is 6.58. The lowest BCUT2D eigenvalue weighted by molar-refractivity contribution is 0.440. The third-order valence-electron chi connectivity index (χ3n) is 4.22. The zero-order chi connectivity index (χ0) is 12.8. The lowest BCUT2D eigenvalue weighted by Crippen LogP contribution is -2.25. The van der Waals surface area contributed by atoms with Crippen LogP contribution in [0, 0.1) is 11.8 Å². The van der Waals surface area contributed by atoms with Gasteiger partial charge >= 0.3 is 0 Å². The Labute approximate surface area is 109 Å². The average molecular weight is 265 g/mol. The van der Waals surface area contributed by atoms with Crippen molar-refractivity contribution in [3.05, 3.63) is 24.3 Å². The molecule has 0 aromatic heterocycles. The Kier molecular flexibility index (Phi) is 2.85. The fourth-order valence-corrected chi connectivity index (χ4v) is 3.73. The third kappa shape index (κ3) is 2.39. The van der Waals surface area contributed by atoms with Crippen molar-refractivity contribution < 1.29 is 8.42 Å². The van der Waals surface area contributed by atoms with Crippen LogP contribution in [-0.4, -0.2) is 20.7 Å². The lowest BCUT2D eigenvalue weighted by Gasteiger charge is -2.23. The number of benzene rings is 1. The molecule has 0 spiro atoms. The summed E-state index contributed by atoms with van der Waals surface area (Å²) in [4.78, 5) is 0.390. The van der Waals surface area contributed by atoms with E-state index in [1.807, 2.05) is 12.1 Å². The summed E-state index contributed by atoms with van der Waals surface area (Å²) < 4.78 is 22.7. The Hall–Kier alpha value is -1.03. The number of rotatable bonds is 3. The van der Waals surface area contributed by atoms with E-state index in [9.17, 15) is 8.42 Å². The van der Waals surface area contributed by atoms with Crippen molar-refractivity contribution in [1.29, 1.82) is 0 Å². The van der Waals surface area contributed by atoms with Gasteiger partial charge in [0.15, 0.2) is 9.84 Å². The average Bonchev–Trinajstić information content (AvgIpc) is 3.09. The Morgan fingerprint density at radius 2 is 1.89 bits per heavy atom. The normalized spacial score (nSPS) is 30.6. The Morgan fingerprint density at radius 1 is 1.17 bits per heavy atom. The molecule has 2 fully saturated rings. The maximum atomic E-state index is 11.4. The second kappa shape index (κ2) is 4.26. The molecule has 2 aliphatic carbocycles. The summed E-state index contributed by atoms with van der Waals surface area (Å²) in [5, 5.41) is 3.56. The number of sulfone groups is 1. The van der Waals surface area contributed by atoms with Gasteiger partial charge in [-0.2, -0.15) is 0 Å². The van der Waals surface area contributed by atoms with E-state index >= 15 is 0 Å². The number of nitrogens with one attached hydrogen (secondary N) is 1. The highest BCUT2D eigenvalue weighted by atomic mass is 32.2. The predicted octanol–water partition coefficient (Wildman–Crippen LogP) is 2.69. The van der Waals surface area contributed by atoms with Gasteiger partial charge in [-0.3, -0.25) is 0 Å². The molecule has 0 aliphatic heterocycles. The molecule has 4 heteroatoms. The van der Waals surface area contributed by atoms with Crippen LogP contribution in [0.5, 0.6) is 0 Å². The minimum Gasteiger partial charge on any atom is -0.382 e. The van der Waals surface area contributed by atoms with Crippen molar-refractivity contribution in [3.8, 4) is 0 Å². The fourth-order valence-electron chi connectivity index (χ4n) is 3.10. The van der Waals surface area contributed by atoms with E-state index in [-0.39, 0.29) is 0 Å². The summed E-state index contributed by atoms with van der Waals surface area (Å²) in [5.41, 5.74) is 1.04. The van der Waals surface area contributed by atoms with Crippen molar-refractivity contribution in [3.63, 3.8) is 0 Å². The van der Waals surface area contributed by atoms with E-state index in [0.29, 0.717) is 10.9 Å². The third-order valence-corrected chi connectivity index (χ3v) is 5.35. The van der Waals surface area contributed by atoms with Crippen LogP contribution in [0.25, 0.3) is 0 Å². The number of hydrogen-bond acceptors (Lipinski definition) is 3. The van der Waals surface area contributed by atoms with Crippen LogP contribution in [0.2, 0.25) is 0 Å². The zero-order valence-electron chi connectivity index (χ0n) is 10.6. The second-order valence-corrected chi connectivity index (χ2v) is 7.65. The largest absolute Gasteiger partial charge is 0.382 e. The molecule has 1 N–H and O–H groups in total. The van der Waals surface area contributed by atoms with E-state index in [2.05, 4.69) is 5.32 Å². The van der Waals surface area contributed by atoms with Crippen LogP contribution in [0.15, 0.2) is 29.2 Å². The molecule has 3 nitrogen and oxygen atoms in total. The molecule has 0 heterocycles. The summed E-state index contributed by atoms with van der Waals surface area (Å²) in [7, 11) is -3.08. The van der Waals surface area contributed by atoms with Gasteiger partial charge in [-0.05, 0) is 48.9 Å². The first kappa shape index (κ1) is 12.0. The van der Waals surface area contributed by atoms with Gasteiger partial charge in [0.2, 0.25) is 0 Å². The minimum absolute atomic E-state index is 0.390. The van der Waals surface area contributed by atoms with Gasteiger partial charge in [-0.1, -0.05) is 12.8 Å². The maximum absolute atomic E-state index is 11.4. The topological polar surface area (TPSA) is 46.2 Å². The molecular weight excluding hydrogens is 246 g/mol. The van der Waals surface area contributed by atoms with Crippen molar-refractivity contribution in [2.24, 2.45) is 11.8 Å². The summed E-state index contributed by atoms with van der Waals surface area (Å²) in [5.74, 6) is 1.81.